The van der Waals surface area contributed by atoms with Gasteiger partial charge < -0.3 is 15.5 Å². The molecule has 0 radical (unpaired) electrons. The van der Waals surface area contributed by atoms with Gasteiger partial charge in [-0.1, -0.05) is 29.8 Å². The third-order valence-corrected chi connectivity index (χ3v) is 4.70. The molecule has 9 heteroatoms. The van der Waals surface area contributed by atoms with Gasteiger partial charge in [-0.25, -0.2) is 0 Å². The van der Waals surface area contributed by atoms with Crippen molar-refractivity contribution in [2.45, 2.75) is 19.9 Å². The average molecular weight is 425 g/mol. The van der Waals surface area contributed by atoms with E-state index in [0.29, 0.717) is 10.0 Å². The number of halogens is 2. The number of nitro benzene ring substituents is 1. The van der Waals surface area contributed by atoms with Gasteiger partial charge in [0.25, 0.3) is 0 Å². The van der Waals surface area contributed by atoms with Gasteiger partial charge in [-0.2, -0.15) is 0 Å². The lowest BCUT2D eigenvalue weighted by atomic mass is 9.79. The van der Waals surface area contributed by atoms with Gasteiger partial charge in [-0.05, 0) is 6.07 Å². The van der Waals surface area contributed by atoms with E-state index in [1.165, 1.54) is 6.07 Å². The molecule has 1 saturated heterocycles. The molecule has 0 aliphatic carbocycles. The number of nitro groups is 1. The Balaban J connectivity index is 0.00000288. The number of nitrogens with zero attached hydrogens (tertiary/aromatic N) is 2. The first-order chi connectivity index (χ1) is 10.8. The van der Waals surface area contributed by atoms with Crippen LogP contribution in [0.4, 0.5) is 5.69 Å². The number of nitrogens with one attached hydrogen (secondary N) is 1. The van der Waals surface area contributed by atoms with Crippen LogP contribution in [0.1, 0.15) is 25.5 Å². The molecule has 0 aromatic heterocycles. The zero-order valence-electron chi connectivity index (χ0n) is 13.7. The minimum Gasteiger partial charge on any atom is -0.502 e. The minimum absolute atomic E-state index is 0. The van der Waals surface area contributed by atoms with Crippen LogP contribution in [0.15, 0.2) is 16.6 Å². The topological polar surface area (TPSA) is 98.9 Å². The highest BCUT2D eigenvalue weighted by Crippen LogP contribution is 2.45. The second-order valence-electron chi connectivity index (χ2n) is 6.46. The number of benzene rings is 1. The summed E-state index contributed by atoms with van der Waals surface area (Å²) in [5.74, 6) is -0.330. The number of rotatable bonds is 5. The van der Waals surface area contributed by atoms with Gasteiger partial charge in [0.1, 0.15) is 0 Å². The third-order valence-electron chi connectivity index (χ3n) is 4.24. The molecule has 136 valence electrons. The van der Waals surface area contributed by atoms with Gasteiger partial charge in [-0.15, -0.1) is 12.4 Å². The van der Waals surface area contributed by atoms with Gasteiger partial charge in [0, 0.05) is 60.3 Å². The summed E-state index contributed by atoms with van der Waals surface area (Å²) in [6, 6.07) is 2.66. The summed E-state index contributed by atoms with van der Waals surface area (Å²) in [5.41, 5.74) is -0.431. The first-order valence-corrected chi connectivity index (χ1v) is 8.29. The fourth-order valence-corrected chi connectivity index (χ4v) is 3.56. The van der Waals surface area contributed by atoms with E-state index in [0.717, 1.165) is 26.2 Å². The van der Waals surface area contributed by atoms with E-state index in [1.807, 2.05) is 13.8 Å². The maximum absolute atomic E-state index is 11.2. The molecular formula is C15H23BrClN3O4. The predicted molar refractivity (Wildman–Crippen MR) is 97.8 cm³/mol. The summed E-state index contributed by atoms with van der Waals surface area (Å²) in [4.78, 5) is 12.8. The fourth-order valence-electron chi connectivity index (χ4n) is 3.09. The van der Waals surface area contributed by atoms with Crippen LogP contribution >= 0.6 is 28.3 Å². The number of aliphatic hydroxyl groups is 1. The molecule has 0 amide bonds. The molecule has 3 N–H and O–H groups in total. The molecule has 0 bridgehead atoms. The molecular weight excluding hydrogens is 402 g/mol. The SMILES string of the molecule is CC(C)(CO)[C@@H](c1cc(Br)cc([N+](=O)[O-])c1O)N1CCNCC1.Cl. The molecule has 1 heterocycles. The summed E-state index contributed by atoms with van der Waals surface area (Å²) < 4.78 is 0.533. The highest BCUT2D eigenvalue weighted by Gasteiger charge is 2.39. The fraction of sp³-hybridized carbons (Fsp3) is 0.600. The lowest BCUT2D eigenvalue weighted by Gasteiger charge is -2.43. The van der Waals surface area contributed by atoms with E-state index < -0.39 is 10.3 Å². The normalized spacial score (nSPS) is 17.2. The molecule has 1 aliphatic rings. The molecule has 0 saturated carbocycles. The first-order valence-electron chi connectivity index (χ1n) is 7.50. The second-order valence-corrected chi connectivity index (χ2v) is 7.37. The molecule has 2 rings (SSSR count). The number of aromatic hydroxyl groups is 1. The van der Waals surface area contributed by atoms with Crippen molar-refractivity contribution in [1.82, 2.24) is 10.2 Å². The standard InChI is InChI=1S/C15H22BrN3O4.ClH/c1-15(2,9-20)14(18-5-3-17-4-6-18)11-7-10(16)8-12(13(11)21)19(22)23;/h7-8,14,17,20-21H,3-6,9H2,1-2H3;1H/t14-;/m1./s1. The zero-order valence-corrected chi connectivity index (χ0v) is 16.1. The maximum atomic E-state index is 11.2. The van der Waals surface area contributed by atoms with Gasteiger partial charge in [-0.3, -0.25) is 15.0 Å². The minimum atomic E-state index is -0.593. The number of piperazine rings is 1. The lowest BCUT2D eigenvalue weighted by molar-refractivity contribution is -0.386. The van der Waals surface area contributed by atoms with Crippen LogP contribution in [0.25, 0.3) is 0 Å². The molecule has 7 nitrogen and oxygen atoms in total. The van der Waals surface area contributed by atoms with E-state index >= 15 is 0 Å². The molecule has 1 atom stereocenters. The monoisotopic (exact) mass is 423 g/mol. The number of hydrogen-bond acceptors (Lipinski definition) is 6. The Morgan fingerprint density at radius 3 is 2.50 bits per heavy atom. The van der Waals surface area contributed by atoms with Crippen molar-refractivity contribution in [2.75, 3.05) is 32.8 Å². The summed E-state index contributed by atoms with van der Waals surface area (Å²) in [6.45, 7) is 6.78. The van der Waals surface area contributed by atoms with Crippen LogP contribution in [0.3, 0.4) is 0 Å². The largest absolute Gasteiger partial charge is 0.502 e. The van der Waals surface area contributed by atoms with E-state index in [4.69, 9.17) is 0 Å². The van der Waals surface area contributed by atoms with Crippen molar-refractivity contribution in [1.29, 1.82) is 0 Å². The highest BCUT2D eigenvalue weighted by atomic mass is 79.9. The van der Waals surface area contributed by atoms with Crippen molar-refractivity contribution in [3.05, 3.63) is 32.3 Å². The van der Waals surface area contributed by atoms with Crippen LogP contribution < -0.4 is 5.32 Å². The van der Waals surface area contributed by atoms with Crippen molar-refractivity contribution >= 4 is 34.0 Å². The number of hydrogen-bond donors (Lipinski definition) is 3. The Labute approximate surface area is 155 Å². The molecule has 1 aliphatic heterocycles. The zero-order chi connectivity index (χ0) is 17.2. The molecule has 0 unspecified atom stereocenters. The quantitative estimate of drug-likeness (QED) is 0.496. The van der Waals surface area contributed by atoms with Crippen LogP contribution in [-0.4, -0.2) is 52.8 Å². The van der Waals surface area contributed by atoms with Crippen LogP contribution in [0, 0.1) is 15.5 Å². The van der Waals surface area contributed by atoms with Crippen LogP contribution in [-0.2, 0) is 0 Å². The van der Waals surface area contributed by atoms with Gasteiger partial charge >= 0.3 is 5.69 Å². The Kier molecular flexibility index (Phi) is 7.43. The Hall–Kier alpha value is -0.930. The van der Waals surface area contributed by atoms with E-state index in [2.05, 4.69) is 26.1 Å². The first kappa shape index (κ1) is 21.1. The second kappa shape index (κ2) is 8.44. The number of aliphatic hydroxyl groups excluding tert-OH is 1. The Morgan fingerprint density at radius 2 is 2.00 bits per heavy atom. The summed E-state index contributed by atoms with van der Waals surface area (Å²) >= 11 is 3.29. The highest BCUT2D eigenvalue weighted by molar-refractivity contribution is 9.10. The summed E-state index contributed by atoms with van der Waals surface area (Å²) in [5, 5.41) is 34.7. The van der Waals surface area contributed by atoms with Crippen molar-refractivity contribution < 1.29 is 15.1 Å². The average Bonchev–Trinajstić information content (AvgIpc) is 2.51. The predicted octanol–water partition coefficient (Wildman–Crippen LogP) is 2.45. The van der Waals surface area contributed by atoms with Gasteiger partial charge in [0.15, 0.2) is 5.75 Å². The van der Waals surface area contributed by atoms with Crippen LogP contribution in [0.2, 0.25) is 0 Å². The van der Waals surface area contributed by atoms with Crippen molar-refractivity contribution in [2.24, 2.45) is 5.41 Å². The smallest absolute Gasteiger partial charge is 0.312 e. The number of phenolic OH excluding ortho intramolecular Hbond substituents is 1. The molecule has 1 fully saturated rings. The molecule has 24 heavy (non-hydrogen) atoms. The van der Waals surface area contributed by atoms with Gasteiger partial charge in [0.05, 0.1) is 4.92 Å². The van der Waals surface area contributed by atoms with Gasteiger partial charge in [0.2, 0.25) is 0 Å². The molecule has 0 spiro atoms. The van der Waals surface area contributed by atoms with E-state index in [9.17, 15) is 20.3 Å². The van der Waals surface area contributed by atoms with E-state index in [-0.39, 0.29) is 36.5 Å². The Morgan fingerprint density at radius 1 is 1.42 bits per heavy atom. The van der Waals surface area contributed by atoms with Crippen molar-refractivity contribution in [3.8, 4) is 5.75 Å². The third kappa shape index (κ3) is 4.37. The Bertz CT molecular complexity index is 594. The molecule has 1 aromatic carbocycles. The lowest BCUT2D eigenvalue weighted by Crippen LogP contribution is -2.49. The summed E-state index contributed by atoms with van der Waals surface area (Å²) in [6.07, 6.45) is 0. The maximum Gasteiger partial charge on any atom is 0.312 e. The number of phenols is 1. The van der Waals surface area contributed by atoms with E-state index in [1.54, 1.807) is 6.07 Å². The van der Waals surface area contributed by atoms with Crippen LogP contribution in [0.5, 0.6) is 5.75 Å². The molecule has 1 aromatic rings. The van der Waals surface area contributed by atoms with Crippen molar-refractivity contribution in [3.63, 3.8) is 0 Å². The summed E-state index contributed by atoms with van der Waals surface area (Å²) in [7, 11) is 0.